The highest BCUT2D eigenvalue weighted by molar-refractivity contribution is 7.99. The van der Waals surface area contributed by atoms with E-state index in [-0.39, 0.29) is 11.3 Å². The van der Waals surface area contributed by atoms with E-state index in [4.69, 9.17) is 5.11 Å². The topological polar surface area (TPSA) is 86.7 Å². The van der Waals surface area contributed by atoms with Gasteiger partial charge in [0.25, 0.3) is 0 Å². The van der Waals surface area contributed by atoms with Crippen LogP contribution < -0.4 is 5.32 Å². The number of rotatable bonds is 4. The Labute approximate surface area is 123 Å². The Kier molecular flexibility index (Phi) is 5.44. The van der Waals surface area contributed by atoms with E-state index in [9.17, 15) is 14.4 Å². The zero-order valence-electron chi connectivity index (χ0n) is 12.3. The number of carbonyl (C=O) groups excluding carboxylic acids is 2. The first-order chi connectivity index (χ1) is 9.11. The highest BCUT2D eigenvalue weighted by Crippen LogP contribution is 2.26. The van der Waals surface area contributed by atoms with Crippen molar-refractivity contribution in [1.82, 2.24) is 10.2 Å². The SMILES string of the molecule is C[C@H](NC(=O)C1CSCN1C(=O)CC(C)(C)C)C(=O)O. The van der Waals surface area contributed by atoms with E-state index in [1.165, 1.54) is 18.7 Å². The lowest BCUT2D eigenvalue weighted by molar-refractivity contribution is -0.143. The van der Waals surface area contributed by atoms with Crippen LogP contribution in [0.2, 0.25) is 0 Å². The molecule has 0 aromatic carbocycles. The van der Waals surface area contributed by atoms with Crippen molar-refractivity contribution in [3.8, 4) is 0 Å². The van der Waals surface area contributed by atoms with Gasteiger partial charge in [-0.15, -0.1) is 11.8 Å². The standard InChI is InChI=1S/C13H22N2O4S/c1-8(12(18)19)14-11(17)9-6-20-7-15(9)10(16)5-13(2,3)4/h8-9H,5-7H2,1-4H3,(H,14,17)(H,18,19)/t8-,9?/m0/s1. The number of hydrogen-bond donors (Lipinski definition) is 2. The predicted molar refractivity (Wildman–Crippen MR) is 77.3 cm³/mol. The van der Waals surface area contributed by atoms with Crippen molar-refractivity contribution in [3.63, 3.8) is 0 Å². The lowest BCUT2D eigenvalue weighted by atomic mass is 9.91. The fraction of sp³-hybridized carbons (Fsp3) is 0.769. The Morgan fingerprint density at radius 2 is 2.00 bits per heavy atom. The van der Waals surface area contributed by atoms with Crippen molar-refractivity contribution < 1.29 is 19.5 Å². The largest absolute Gasteiger partial charge is 0.480 e. The minimum atomic E-state index is -1.09. The van der Waals surface area contributed by atoms with Crippen LogP contribution in [0.3, 0.4) is 0 Å². The first-order valence-electron chi connectivity index (χ1n) is 6.52. The summed E-state index contributed by atoms with van der Waals surface area (Å²) < 4.78 is 0. The molecule has 114 valence electrons. The Morgan fingerprint density at radius 3 is 2.50 bits per heavy atom. The fourth-order valence-corrected chi connectivity index (χ4v) is 3.01. The van der Waals surface area contributed by atoms with Crippen LogP contribution in [0.25, 0.3) is 0 Å². The van der Waals surface area contributed by atoms with E-state index in [1.54, 1.807) is 4.90 Å². The maximum absolute atomic E-state index is 12.2. The third-order valence-electron chi connectivity index (χ3n) is 2.92. The molecule has 6 nitrogen and oxygen atoms in total. The minimum Gasteiger partial charge on any atom is -0.480 e. The average molecular weight is 302 g/mol. The van der Waals surface area contributed by atoms with E-state index in [1.807, 2.05) is 20.8 Å². The lowest BCUT2D eigenvalue weighted by Gasteiger charge is -2.27. The number of carboxylic acid groups (broad SMARTS) is 1. The zero-order chi connectivity index (χ0) is 15.5. The van der Waals surface area contributed by atoms with Crippen molar-refractivity contribution in [3.05, 3.63) is 0 Å². The summed E-state index contributed by atoms with van der Waals surface area (Å²) in [6.07, 6.45) is 0.367. The summed E-state index contributed by atoms with van der Waals surface area (Å²) in [5.41, 5.74) is -0.139. The van der Waals surface area contributed by atoms with Crippen molar-refractivity contribution in [2.24, 2.45) is 5.41 Å². The molecule has 1 aliphatic heterocycles. The van der Waals surface area contributed by atoms with Gasteiger partial charge in [0.2, 0.25) is 11.8 Å². The summed E-state index contributed by atoms with van der Waals surface area (Å²) in [6, 6.07) is -1.52. The summed E-state index contributed by atoms with van der Waals surface area (Å²) in [5.74, 6) is -0.558. The van der Waals surface area contributed by atoms with Crippen LogP contribution in [0.4, 0.5) is 0 Å². The van der Waals surface area contributed by atoms with E-state index in [0.717, 1.165) is 0 Å². The molecule has 2 atom stereocenters. The van der Waals surface area contributed by atoms with Gasteiger partial charge >= 0.3 is 5.97 Å². The molecule has 1 fully saturated rings. The quantitative estimate of drug-likeness (QED) is 0.806. The van der Waals surface area contributed by atoms with Gasteiger partial charge in [-0.2, -0.15) is 0 Å². The first kappa shape index (κ1) is 16.8. The summed E-state index contributed by atoms with van der Waals surface area (Å²) in [4.78, 5) is 36.6. The van der Waals surface area contributed by atoms with Crippen LogP contribution in [0, 0.1) is 5.41 Å². The number of aliphatic carboxylic acids is 1. The second kappa shape index (κ2) is 6.47. The van der Waals surface area contributed by atoms with E-state index in [0.29, 0.717) is 18.1 Å². The summed E-state index contributed by atoms with van der Waals surface area (Å²) in [7, 11) is 0. The highest BCUT2D eigenvalue weighted by atomic mass is 32.2. The van der Waals surface area contributed by atoms with E-state index >= 15 is 0 Å². The van der Waals surface area contributed by atoms with E-state index < -0.39 is 24.0 Å². The number of hydrogen-bond acceptors (Lipinski definition) is 4. The molecule has 1 saturated heterocycles. The first-order valence-corrected chi connectivity index (χ1v) is 7.67. The number of thioether (sulfide) groups is 1. The molecular weight excluding hydrogens is 280 g/mol. The van der Waals surface area contributed by atoms with Crippen LogP contribution >= 0.6 is 11.8 Å². The van der Waals surface area contributed by atoms with Gasteiger partial charge in [0, 0.05) is 12.2 Å². The Hall–Kier alpha value is -1.24. The smallest absolute Gasteiger partial charge is 0.325 e. The molecular formula is C13H22N2O4S. The van der Waals surface area contributed by atoms with Gasteiger partial charge in [-0.05, 0) is 12.3 Å². The molecule has 1 unspecified atom stereocenters. The molecule has 7 heteroatoms. The van der Waals surface area contributed by atoms with Crippen molar-refractivity contribution in [2.75, 3.05) is 11.6 Å². The summed E-state index contributed by atoms with van der Waals surface area (Å²) >= 11 is 1.51. The minimum absolute atomic E-state index is 0.0642. The highest BCUT2D eigenvalue weighted by Gasteiger charge is 2.36. The van der Waals surface area contributed by atoms with Crippen LogP contribution in [0.1, 0.15) is 34.1 Å². The second-order valence-corrected chi connectivity index (χ2v) is 7.18. The summed E-state index contributed by atoms with van der Waals surface area (Å²) in [5, 5.41) is 11.2. The van der Waals surface area contributed by atoms with Crippen molar-refractivity contribution in [1.29, 1.82) is 0 Å². The van der Waals surface area contributed by atoms with Gasteiger partial charge in [0.05, 0.1) is 5.88 Å². The third kappa shape index (κ3) is 4.70. The Morgan fingerprint density at radius 1 is 1.40 bits per heavy atom. The van der Waals surface area contributed by atoms with Crippen LogP contribution in [-0.4, -0.2) is 51.5 Å². The van der Waals surface area contributed by atoms with Crippen LogP contribution in [0.5, 0.6) is 0 Å². The van der Waals surface area contributed by atoms with Gasteiger partial charge in [0.1, 0.15) is 12.1 Å². The number of carboxylic acids is 1. The molecule has 0 aromatic rings. The molecule has 0 bridgehead atoms. The van der Waals surface area contributed by atoms with Gasteiger partial charge in [0.15, 0.2) is 0 Å². The van der Waals surface area contributed by atoms with Crippen LogP contribution in [0.15, 0.2) is 0 Å². The molecule has 1 rings (SSSR count). The third-order valence-corrected chi connectivity index (χ3v) is 3.93. The molecule has 0 aliphatic carbocycles. The Bertz CT molecular complexity index is 406. The molecule has 0 saturated carbocycles. The van der Waals surface area contributed by atoms with Crippen molar-refractivity contribution in [2.45, 2.75) is 46.2 Å². The molecule has 2 amide bonds. The van der Waals surface area contributed by atoms with Gasteiger partial charge < -0.3 is 15.3 Å². The molecule has 0 spiro atoms. The lowest BCUT2D eigenvalue weighted by Crippen LogP contribution is -2.51. The van der Waals surface area contributed by atoms with Gasteiger partial charge in [-0.3, -0.25) is 14.4 Å². The monoisotopic (exact) mass is 302 g/mol. The molecule has 0 radical (unpaired) electrons. The average Bonchev–Trinajstić information content (AvgIpc) is 2.74. The molecule has 1 heterocycles. The fourth-order valence-electron chi connectivity index (χ4n) is 1.83. The van der Waals surface area contributed by atoms with Gasteiger partial charge in [-0.1, -0.05) is 20.8 Å². The number of nitrogens with one attached hydrogen (secondary N) is 1. The second-order valence-electron chi connectivity index (χ2n) is 6.19. The molecule has 0 aromatic heterocycles. The maximum Gasteiger partial charge on any atom is 0.325 e. The molecule has 2 N–H and O–H groups in total. The number of carbonyl (C=O) groups is 3. The zero-order valence-corrected chi connectivity index (χ0v) is 13.1. The number of nitrogens with zero attached hydrogens (tertiary/aromatic N) is 1. The van der Waals surface area contributed by atoms with E-state index in [2.05, 4.69) is 5.32 Å². The maximum atomic E-state index is 12.2. The molecule has 1 aliphatic rings. The normalized spacial score (nSPS) is 20.6. The Balaban J connectivity index is 2.67. The predicted octanol–water partition coefficient (Wildman–Crippen LogP) is 0.913. The summed E-state index contributed by atoms with van der Waals surface area (Å²) in [6.45, 7) is 7.31. The number of amides is 2. The molecule has 20 heavy (non-hydrogen) atoms. The van der Waals surface area contributed by atoms with Crippen molar-refractivity contribution >= 4 is 29.5 Å². The van der Waals surface area contributed by atoms with Gasteiger partial charge in [-0.25, -0.2) is 0 Å². The van der Waals surface area contributed by atoms with Crippen LogP contribution in [-0.2, 0) is 14.4 Å².